The van der Waals surface area contributed by atoms with E-state index in [1.807, 2.05) is 0 Å². The van der Waals surface area contributed by atoms with Crippen molar-refractivity contribution >= 4 is 12.4 Å². The van der Waals surface area contributed by atoms with E-state index in [1.54, 1.807) is 0 Å². The van der Waals surface area contributed by atoms with Gasteiger partial charge in [0.25, 0.3) is 0 Å². The minimum atomic E-state index is 0. The van der Waals surface area contributed by atoms with Crippen LogP contribution in [0.5, 0.6) is 0 Å². The van der Waals surface area contributed by atoms with Crippen molar-refractivity contribution in [3.8, 4) is 0 Å². The zero-order valence-corrected chi connectivity index (χ0v) is 12.4. The Bertz CT molecular complexity index is 227. The number of likely N-dealkylation sites (tertiary alicyclic amines) is 1. The van der Waals surface area contributed by atoms with Gasteiger partial charge in [0.15, 0.2) is 0 Å². The molecule has 3 nitrogen and oxygen atoms in total. The van der Waals surface area contributed by atoms with E-state index >= 15 is 0 Å². The first-order chi connectivity index (χ1) is 7.59. The van der Waals surface area contributed by atoms with Crippen molar-refractivity contribution in [2.24, 2.45) is 5.41 Å². The summed E-state index contributed by atoms with van der Waals surface area (Å²) in [5.74, 6) is 0. The Morgan fingerprint density at radius 1 is 1.41 bits per heavy atom. The van der Waals surface area contributed by atoms with Gasteiger partial charge in [-0.15, -0.1) is 12.4 Å². The molecular weight excluding hydrogens is 234 g/mol. The van der Waals surface area contributed by atoms with Crippen LogP contribution < -0.4 is 5.32 Å². The molecule has 2 aliphatic heterocycles. The van der Waals surface area contributed by atoms with Crippen molar-refractivity contribution in [1.82, 2.24) is 15.1 Å². The van der Waals surface area contributed by atoms with Crippen molar-refractivity contribution in [2.75, 3.05) is 46.8 Å². The number of rotatable bonds is 3. The summed E-state index contributed by atoms with van der Waals surface area (Å²) in [7, 11) is 4.43. The molecule has 1 N–H and O–H groups in total. The van der Waals surface area contributed by atoms with E-state index in [0.717, 1.165) is 6.04 Å². The molecule has 2 fully saturated rings. The van der Waals surface area contributed by atoms with E-state index in [-0.39, 0.29) is 12.4 Å². The van der Waals surface area contributed by atoms with E-state index in [2.05, 4.69) is 36.1 Å². The first kappa shape index (κ1) is 15.2. The van der Waals surface area contributed by atoms with Crippen LogP contribution in [0.25, 0.3) is 0 Å². The van der Waals surface area contributed by atoms with Crippen LogP contribution in [0.1, 0.15) is 26.2 Å². The van der Waals surface area contributed by atoms with E-state index in [9.17, 15) is 0 Å². The van der Waals surface area contributed by atoms with Crippen LogP contribution in [0.3, 0.4) is 0 Å². The summed E-state index contributed by atoms with van der Waals surface area (Å²) in [5, 5.41) is 3.50. The Morgan fingerprint density at radius 2 is 2.18 bits per heavy atom. The van der Waals surface area contributed by atoms with Gasteiger partial charge in [-0.1, -0.05) is 6.92 Å². The molecular formula is C13H28ClN3. The molecule has 2 saturated heterocycles. The first-order valence-electron chi connectivity index (χ1n) is 6.69. The van der Waals surface area contributed by atoms with E-state index < -0.39 is 0 Å². The summed E-state index contributed by atoms with van der Waals surface area (Å²) < 4.78 is 0. The third-order valence-corrected chi connectivity index (χ3v) is 4.27. The van der Waals surface area contributed by atoms with Gasteiger partial charge in [0.1, 0.15) is 0 Å². The van der Waals surface area contributed by atoms with Gasteiger partial charge < -0.3 is 15.1 Å². The minimum Gasteiger partial charge on any atom is -0.316 e. The summed E-state index contributed by atoms with van der Waals surface area (Å²) >= 11 is 0. The molecule has 2 rings (SSSR count). The van der Waals surface area contributed by atoms with Crippen LogP contribution in [0.2, 0.25) is 0 Å². The molecule has 0 aromatic rings. The average molecular weight is 262 g/mol. The molecule has 0 radical (unpaired) electrons. The number of hydrogen-bond acceptors (Lipinski definition) is 3. The highest BCUT2D eigenvalue weighted by Crippen LogP contribution is 2.27. The highest BCUT2D eigenvalue weighted by molar-refractivity contribution is 5.85. The minimum absolute atomic E-state index is 0. The Morgan fingerprint density at radius 3 is 2.76 bits per heavy atom. The predicted octanol–water partition coefficient (Wildman–Crippen LogP) is 1.43. The molecule has 0 aromatic carbocycles. The maximum absolute atomic E-state index is 3.50. The third kappa shape index (κ3) is 4.09. The molecule has 2 unspecified atom stereocenters. The zero-order chi connectivity index (χ0) is 11.6. The monoisotopic (exact) mass is 261 g/mol. The second kappa shape index (κ2) is 6.37. The lowest BCUT2D eigenvalue weighted by Gasteiger charge is -2.39. The summed E-state index contributed by atoms with van der Waals surface area (Å²) in [6, 6.07) is 0.770. The van der Waals surface area contributed by atoms with Crippen molar-refractivity contribution in [3.05, 3.63) is 0 Å². The number of piperidine rings is 1. The quantitative estimate of drug-likeness (QED) is 0.829. The molecule has 0 bridgehead atoms. The maximum atomic E-state index is 3.50. The van der Waals surface area contributed by atoms with Crippen LogP contribution in [-0.2, 0) is 0 Å². The molecule has 2 aliphatic rings. The fourth-order valence-electron chi connectivity index (χ4n) is 3.14. The van der Waals surface area contributed by atoms with Crippen LogP contribution in [0.4, 0.5) is 0 Å². The Labute approximate surface area is 112 Å². The number of nitrogens with zero attached hydrogens (tertiary/aromatic N) is 2. The molecule has 0 saturated carbocycles. The molecule has 17 heavy (non-hydrogen) atoms. The molecule has 102 valence electrons. The summed E-state index contributed by atoms with van der Waals surface area (Å²) in [4.78, 5) is 5.07. The lowest BCUT2D eigenvalue weighted by molar-refractivity contribution is 0.0971. The molecule has 0 spiro atoms. The van der Waals surface area contributed by atoms with Gasteiger partial charge >= 0.3 is 0 Å². The Balaban J connectivity index is 0.00000144. The van der Waals surface area contributed by atoms with Crippen LogP contribution >= 0.6 is 12.4 Å². The van der Waals surface area contributed by atoms with Crippen molar-refractivity contribution in [1.29, 1.82) is 0 Å². The normalized spacial score (nSPS) is 34.9. The second-order valence-corrected chi connectivity index (χ2v) is 6.23. The summed E-state index contributed by atoms with van der Waals surface area (Å²) in [6.45, 7) is 8.71. The highest BCUT2D eigenvalue weighted by Gasteiger charge is 2.32. The Hall–Kier alpha value is 0.170. The molecule has 2 atom stereocenters. The van der Waals surface area contributed by atoms with Gasteiger partial charge in [0.2, 0.25) is 0 Å². The Kier molecular flexibility index (Phi) is 5.71. The number of likely N-dealkylation sites (N-methyl/N-ethyl adjacent to an activating group) is 1. The third-order valence-electron chi connectivity index (χ3n) is 4.27. The zero-order valence-electron chi connectivity index (χ0n) is 11.5. The predicted molar refractivity (Wildman–Crippen MR) is 76.0 cm³/mol. The smallest absolute Gasteiger partial charge is 0.0217 e. The molecule has 0 aliphatic carbocycles. The van der Waals surface area contributed by atoms with Crippen LogP contribution in [0, 0.1) is 5.41 Å². The number of hydrogen-bond donors (Lipinski definition) is 1. The molecule has 2 heterocycles. The van der Waals surface area contributed by atoms with Crippen LogP contribution in [0.15, 0.2) is 0 Å². The molecule has 0 amide bonds. The SMILES string of the molecule is CN(C)C1CCCN(CC2(C)CCNC2)C1.Cl. The first-order valence-corrected chi connectivity index (χ1v) is 6.69. The highest BCUT2D eigenvalue weighted by atomic mass is 35.5. The lowest BCUT2D eigenvalue weighted by atomic mass is 9.88. The van der Waals surface area contributed by atoms with Crippen LogP contribution in [-0.4, -0.2) is 62.7 Å². The van der Waals surface area contributed by atoms with Gasteiger partial charge in [-0.2, -0.15) is 0 Å². The lowest BCUT2D eigenvalue weighted by Crippen LogP contribution is -2.48. The van der Waals surface area contributed by atoms with Gasteiger partial charge in [0.05, 0.1) is 0 Å². The summed E-state index contributed by atoms with van der Waals surface area (Å²) in [5.41, 5.74) is 0.522. The standard InChI is InChI=1S/C13H27N3.ClH/c1-13(6-7-14-10-13)11-16-8-4-5-12(9-16)15(2)3;/h12,14H,4-11H2,1-3H3;1H. The fraction of sp³-hybridized carbons (Fsp3) is 1.00. The number of halogens is 1. The van der Waals surface area contributed by atoms with E-state index in [0.29, 0.717) is 5.41 Å². The van der Waals surface area contributed by atoms with E-state index in [1.165, 1.54) is 52.0 Å². The number of nitrogens with one attached hydrogen (secondary N) is 1. The maximum Gasteiger partial charge on any atom is 0.0217 e. The van der Waals surface area contributed by atoms with Crippen molar-refractivity contribution in [2.45, 2.75) is 32.2 Å². The largest absolute Gasteiger partial charge is 0.316 e. The van der Waals surface area contributed by atoms with Gasteiger partial charge in [-0.25, -0.2) is 0 Å². The molecule has 4 heteroatoms. The van der Waals surface area contributed by atoms with Crippen molar-refractivity contribution in [3.63, 3.8) is 0 Å². The van der Waals surface area contributed by atoms with Gasteiger partial charge in [-0.05, 0) is 51.9 Å². The second-order valence-electron chi connectivity index (χ2n) is 6.23. The van der Waals surface area contributed by atoms with Gasteiger partial charge in [-0.3, -0.25) is 0 Å². The van der Waals surface area contributed by atoms with E-state index in [4.69, 9.17) is 0 Å². The topological polar surface area (TPSA) is 18.5 Å². The molecule has 0 aromatic heterocycles. The summed E-state index contributed by atoms with van der Waals surface area (Å²) in [6.07, 6.45) is 4.08. The fourth-order valence-corrected chi connectivity index (χ4v) is 3.14. The van der Waals surface area contributed by atoms with Crippen molar-refractivity contribution < 1.29 is 0 Å². The van der Waals surface area contributed by atoms with Gasteiger partial charge in [0, 0.05) is 25.7 Å². The average Bonchev–Trinajstić information content (AvgIpc) is 2.65.